The van der Waals surface area contributed by atoms with Gasteiger partial charge < -0.3 is 11.1 Å². The molecule has 10 heteroatoms. The molecule has 0 saturated heterocycles. The van der Waals surface area contributed by atoms with Gasteiger partial charge in [-0.1, -0.05) is 23.2 Å². The minimum absolute atomic E-state index is 0. The molecule has 0 aliphatic heterocycles. The van der Waals surface area contributed by atoms with E-state index >= 15 is 0 Å². The van der Waals surface area contributed by atoms with Gasteiger partial charge in [0.05, 0.1) is 20.7 Å². The van der Waals surface area contributed by atoms with Crippen LogP contribution >= 0.6 is 35.6 Å². The van der Waals surface area contributed by atoms with Crippen LogP contribution in [0.15, 0.2) is 35.4 Å². The summed E-state index contributed by atoms with van der Waals surface area (Å²) >= 11 is 11.8. The van der Waals surface area contributed by atoms with E-state index in [9.17, 15) is 13.2 Å². The van der Waals surface area contributed by atoms with E-state index < -0.39 is 21.0 Å². The van der Waals surface area contributed by atoms with Crippen molar-refractivity contribution in [1.29, 1.82) is 0 Å². The van der Waals surface area contributed by atoms with Crippen molar-refractivity contribution in [2.45, 2.75) is 30.5 Å². The van der Waals surface area contributed by atoms with Crippen LogP contribution in [0.25, 0.3) is 0 Å². The largest absolute Gasteiger partial charge is 0.383 e. The first-order chi connectivity index (χ1) is 11.6. The summed E-state index contributed by atoms with van der Waals surface area (Å²) in [4.78, 5) is 16.2. The average Bonchev–Trinajstić information content (AvgIpc) is 2.54. The molecule has 0 spiro atoms. The van der Waals surface area contributed by atoms with E-state index in [2.05, 4.69) is 10.3 Å². The number of aromatic nitrogens is 1. The maximum atomic E-state index is 12.5. The fourth-order valence-electron chi connectivity index (χ4n) is 2.12. The Labute approximate surface area is 168 Å². The summed E-state index contributed by atoms with van der Waals surface area (Å²) in [7, 11) is -3.52. The van der Waals surface area contributed by atoms with E-state index in [0.29, 0.717) is 10.6 Å². The third-order valence-electron chi connectivity index (χ3n) is 3.52. The Morgan fingerprint density at radius 1 is 1.23 bits per heavy atom. The molecule has 26 heavy (non-hydrogen) atoms. The van der Waals surface area contributed by atoms with Gasteiger partial charge >= 0.3 is 0 Å². The Morgan fingerprint density at radius 3 is 2.50 bits per heavy atom. The number of nitrogen functional groups attached to an aromatic ring is 1. The Hall–Kier alpha value is -1.54. The number of nitrogens with two attached hydrogens (primary N) is 1. The molecule has 0 bridgehead atoms. The van der Waals surface area contributed by atoms with Gasteiger partial charge in [0.1, 0.15) is 5.82 Å². The number of halogens is 3. The zero-order chi connectivity index (χ0) is 18.8. The fourth-order valence-corrected chi connectivity index (χ4v) is 3.73. The zero-order valence-corrected chi connectivity index (χ0v) is 17.1. The highest BCUT2D eigenvalue weighted by Gasteiger charge is 2.23. The minimum atomic E-state index is -3.52. The van der Waals surface area contributed by atoms with Crippen molar-refractivity contribution in [3.8, 4) is 0 Å². The first kappa shape index (κ1) is 22.5. The molecule has 0 aliphatic rings. The highest BCUT2D eigenvalue weighted by atomic mass is 35.5. The van der Waals surface area contributed by atoms with Crippen LogP contribution in [0, 0.1) is 0 Å². The molecule has 142 valence electrons. The maximum Gasteiger partial charge on any atom is 0.255 e. The van der Waals surface area contributed by atoms with Gasteiger partial charge in [-0.05, 0) is 43.7 Å². The number of anilines is 1. The average molecular weight is 439 g/mol. The van der Waals surface area contributed by atoms with Crippen molar-refractivity contribution in [2.24, 2.45) is 0 Å². The second kappa shape index (κ2) is 8.90. The smallest absolute Gasteiger partial charge is 0.255 e. The molecule has 1 heterocycles. The van der Waals surface area contributed by atoms with E-state index in [1.165, 1.54) is 30.5 Å². The van der Waals surface area contributed by atoms with Crippen LogP contribution in [0.5, 0.6) is 0 Å². The summed E-state index contributed by atoms with van der Waals surface area (Å²) in [6.45, 7) is 3.14. The minimum Gasteiger partial charge on any atom is -0.383 e. The van der Waals surface area contributed by atoms with Crippen LogP contribution in [0.1, 0.15) is 29.8 Å². The molecule has 3 N–H and O–H groups in total. The Kier molecular flexibility index (Phi) is 7.70. The van der Waals surface area contributed by atoms with Crippen LogP contribution in [-0.2, 0) is 16.4 Å². The number of carbonyl (C=O) groups is 1. The number of hydrogen-bond acceptors (Lipinski definition) is 5. The standard InChI is InChI=1S/C16H17Cl2N3O3S.ClH/c1-9(2)25(23,24)14-4-3-11(17)5-10(14)7-21-16(22)13-6-12(18)8-20-15(13)19;/h3-6,8-9H,7H2,1-2H3,(H2,19,20)(H,21,22);1H. The number of benzene rings is 1. The van der Waals surface area contributed by atoms with Crippen molar-refractivity contribution in [3.05, 3.63) is 51.6 Å². The molecule has 0 saturated carbocycles. The second-order valence-corrected chi connectivity index (χ2v) is 8.96. The lowest BCUT2D eigenvalue weighted by molar-refractivity contribution is 0.0951. The van der Waals surface area contributed by atoms with Crippen molar-refractivity contribution in [2.75, 3.05) is 5.73 Å². The summed E-state index contributed by atoms with van der Waals surface area (Å²) in [6, 6.07) is 5.84. The monoisotopic (exact) mass is 437 g/mol. The van der Waals surface area contributed by atoms with E-state index in [-0.39, 0.29) is 40.3 Å². The third kappa shape index (κ3) is 5.01. The number of amides is 1. The van der Waals surface area contributed by atoms with Gasteiger partial charge in [-0.15, -0.1) is 12.4 Å². The zero-order valence-electron chi connectivity index (χ0n) is 14.0. The van der Waals surface area contributed by atoms with E-state index in [4.69, 9.17) is 28.9 Å². The summed E-state index contributed by atoms with van der Waals surface area (Å²) in [5.74, 6) is -0.483. The molecular formula is C16H18Cl3N3O3S. The maximum absolute atomic E-state index is 12.5. The fraction of sp³-hybridized carbons (Fsp3) is 0.250. The summed E-state index contributed by atoms with van der Waals surface area (Å²) in [5.41, 5.74) is 6.18. The van der Waals surface area contributed by atoms with Gasteiger partial charge in [-0.3, -0.25) is 4.79 Å². The van der Waals surface area contributed by atoms with Crippen LogP contribution in [0.2, 0.25) is 10.0 Å². The SMILES string of the molecule is CC(C)S(=O)(=O)c1ccc(Cl)cc1CNC(=O)c1cc(Cl)cnc1N.Cl. The van der Waals surface area contributed by atoms with Gasteiger partial charge in [0.15, 0.2) is 9.84 Å². The number of sulfone groups is 1. The van der Waals surface area contributed by atoms with Crippen LogP contribution < -0.4 is 11.1 Å². The lowest BCUT2D eigenvalue weighted by Crippen LogP contribution is -2.26. The molecule has 6 nitrogen and oxygen atoms in total. The lowest BCUT2D eigenvalue weighted by atomic mass is 10.2. The van der Waals surface area contributed by atoms with Crippen LogP contribution in [-0.4, -0.2) is 24.6 Å². The van der Waals surface area contributed by atoms with E-state index in [0.717, 1.165) is 0 Å². The molecule has 0 aliphatic carbocycles. The number of pyridine rings is 1. The molecule has 2 rings (SSSR count). The first-order valence-corrected chi connectivity index (χ1v) is 9.64. The predicted molar refractivity (Wildman–Crippen MR) is 106 cm³/mol. The van der Waals surface area contributed by atoms with Crippen molar-refractivity contribution in [3.63, 3.8) is 0 Å². The number of nitrogens with one attached hydrogen (secondary N) is 1. The summed E-state index contributed by atoms with van der Waals surface area (Å²) in [6.07, 6.45) is 1.33. The van der Waals surface area contributed by atoms with E-state index in [1.807, 2.05) is 0 Å². The molecule has 0 radical (unpaired) electrons. The molecule has 1 amide bonds. The molecule has 1 aromatic heterocycles. The topological polar surface area (TPSA) is 102 Å². The molecule has 0 atom stereocenters. The third-order valence-corrected chi connectivity index (χ3v) is 6.21. The van der Waals surface area contributed by atoms with Crippen molar-refractivity contribution >= 4 is 57.2 Å². The Bertz CT molecular complexity index is 918. The van der Waals surface area contributed by atoms with Gasteiger partial charge in [-0.25, -0.2) is 13.4 Å². The molecule has 0 fully saturated rings. The summed E-state index contributed by atoms with van der Waals surface area (Å²) in [5, 5.41) is 2.66. The number of hydrogen-bond donors (Lipinski definition) is 2. The molecule has 0 unspecified atom stereocenters. The highest BCUT2D eigenvalue weighted by molar-refractivity contribution is 7.92. The quantitative estimate of drug-likeness (QED) is 0.744. The van der Waals surface area contributed by atoms with Crippen molar-refractivity contribution in [1.82, 2.24) is 10.3 Å². The number of carbonyl (C=O) groups excluding carboxylic acids is 1. The Morgan fingerprint density at radius 2 is 1.88 bits per heavy atom. The first-order valence-electron chi connectivity index (χ1n) is 7.34. The Balaban J connectivity index is 0.00000338. The lowest BCUT2D eigenvalue weighted by Gasteiger charge is -2.14. The van der Waals surface area contributed by atoms with Crippen LogP contribution in [0.3, 0.4) is 0 Å². The second-order valence-electron chi connectivity index (χ2n) is 5.61. The number of nitrogens with zero attached hydrogens (tertiary/aromatic N) is 1. The normalized spacial score (nSPS) is 11.1. The van der Waals surface area contributed by atoms with E-state index in [1.54, 1.807) is 13.8 Å². The highest BCUT2D eigenvalue weighted by Crippen LogP contribution is 2.24. The van der Waals surface area contributed by atoms with Crippen molar-refractivity contribution < 1.29 is 13.2 Å². The molecule has 2 aromatic rings. The number of rotatable bonds is 5. The predicted octanol–water partition coefficient (Wildman–Crippen LogP) is 3.50. The van der Waals surface area contributed by atoms with Crippen LogP contribution in [0.4, 0.5) is 5.82 Å². The summed E-state index contributed by atoms with van der Waals surface area (Å²) < 4.78 is 24.9. The van der Waals surface area contributed by atoms with Gasteiger partial charge in [0.25, 0.3) is 5.91 Å². The molecule has 1 aromatic carbocycles. The van der Waals surface area contributed by atoms with Gasteiger partial charge in [0, 0.05) is 17.8 Å². The molecular weight excluding hydrogens is 421 g/mol. The van der Waals surface area contributed by atoms with Gasteiger partial charge in [0.2, 0.25) is 0 Å². The van der Waals surface area contributed by atoms with Gasteiger partial charge in [-0.2, -0.15) is 0 Å².